The topological polar surface area (TPSA) is 26.8 Å². The number of carbonyl (C=O) groups is 1. The van der Waals surface area contributed by atoms with Crippen LogP contribution in [0, 0.1) is 5.82 Å². The minimum atomic E-state index is -0.261. The van der Waals surface area contributed by atoms with Crippen LogP contribution in [0.25, 0.3) is 6.08 Å². The molecule has 0 saturated carbocycles. The summed E-state index contributed by atoms with van der Waals surface area (Å²) in [6, 6.07) is 10.2. The molecule has 0 spiro atoms. The summed E-state index contributed by atoms with van der Waals surface area (Å²) in [4.78, 5) is 19.8. The molecule has 2 aliphatic rings. The molecule has 0 aromatic heterocycles. The molecule has 2 aromatic carbocycles. The van der Waals surface area contributed by atoms with E-state index in [0.717, 1.165) is 37.5 Å². The SMILES string of the molecule is CN1CCN(c2c(F)cccc2C=C2SCCN(c3ccc(Cl)c(Cl)c3)C2=O)CC1. The summed E-state index contributed by atoms with van der Waals surface area (Å²) in [7, 11) is 2.07. The van der Waals surface area contributed by atoms with Crippen LogP contribution in [0.3, 0.4) is 0 Å². The highest BCUT2D eigenvalue weighted by Crippen LogP contribution is 2.35. The Kier molecular flexibility index (Phi) is 6.58. The quantitative estimate of drug-likeness (QED) is 0.595. The Morgan fingerprint density at radius 3 is 2.53 bits per heavy atom. The minimum absolute atomic E-state index is 0.113. The molecule has 0 bridgehead atoms. The zero-order valence-corrected chi connectivity index (χ0v) is 18.9. The van der Waals surface area contributed by atoms with Crippen molar-refractivity contribution in [2.24, 2.45) is 0 Å². The van der Waals surface area contributed by atoms with Crippen LogP contribution in [0.4, 0.5) is 15.8 Å². The molecule has 2 aliphatic heterocycles. The Bertz CT molecular complexity index is 992. The van der Waals surface area contributed by atoms with E-state index in [1.54, 1.807) is 29.2 Å². The van der Waals surface area contributed by atoms with Gasteiger partial charge in [0.05, 0.1) is 20.6 Å². The Morgan fingerprint density at radius 2 is 1.80 bits per heavy atom. The van der Waals surface area contributed by atoms with Crippen molar-refractivity contribution in [3.8, 4) is 0 Å². The molecule has 30 heavy (non-hydrogen) atoms. The van der Waals surface area contributed by atoms with Crippen LogP contribution in [0.5, 0.6) is 0 Å². The van der Waals surface area contributed by atoms with Crippen LogP contribution < -0.4 is 9.80 Å². The lowest BCUT2D eigenvalue weighted by Gasteiger charge is -2.35. The van der Waals surface area contributed by atoms with Gasteiger partial charge < -0.3 is 14.7 Å². The number of carbonyl (C=O) groups excluding carboxylic acids is 1. The Hall–Kier alpha value is -1.73. The normalized spacial score (nSPS) is 19.6. The van der Waals surface area contributed by atoms with Crippen LogP contribution in [0.15, 0.2) is 41.3 Å². The number of hydrogen-bond acceptors (Lipinski definition) is 4. The summed E-state index contributed by atoms with van der Waals surface area (Å²) < 4.78 is 14.8. The molecule has 0 radical (unpaired) electrons. The number of piperazine rings is 1. The lowest BCUT2D eigenvalue weighted by Crippen LogP contribution is -2.45. The summed E-state index contributed by atoms with van der Waals surface area (Å²) in [5.74, 6) is 0.374. The van der Waals surface area contributed by atoms with Crippen LogP contribution in [0.1, 0.15) is 5.56 Å². The summed E-state index contributed by atoms with van der Waals surface area (Å²) in [5.41, 5.74) is 2.00. The first kappa shape index (κ1) is 21.5. The standard InChI is InChI=1S/C22H22Cl2FN3OS/c1-26-7-9-27(10-8-26)21-15(3-2-4-19(21)25)13-20-22(29)28(11-12-30-20)16-5-6-17(23)18(24)14-16/h2-6,13-14H,7-12H2,1H3. The molecular weight excluding hydrogens is 444 g/mol. The van der Waals surface area contributed by atoms with Crippen LogP contribution >= 0.6 is 35.0 Å². The third-order valence-electron chi connectivity index (χ3n) is 5.37. The first-order valence-electron chi connectivity index (χ1n) is 9.77. The van der Waals surface area contributed by atoms with Gasteiger partial charge in [-0.15, -0.1) is 11.8 Å². The number of amides is 1. The molecule has 2 heterocycles. The van der Waals surface area contributed by atoms with Gasteiger partial charge in [0.1, 0.15) is 5.82 Å². The number of nitrogens with zero attached hydrogens (tertiary/aromatic N) is 3. The van der Waals surface area contributed by atoms with Crippen molar-refractivity contribution >= 4 is 58.3 Å². The maximum absolute atomic E-state index is 14.8. The fourth-order valence-corrected chi connectivity index (χ4v) is 4.93. The summed E-state index contributed by atoms with van der Waals surface area (Å²) in [6.07, 6.45) is 1.81. The van der Waals surface area contributed by atoms with E-state index < -0.39 is 0 Å². The lowest BCUT2D eigenvalue weighted by molar-refractivity contribution is -0.114. The first-order chi connectivity index (χ1) is 14.4. The third kappa shape index (κ3) is 4.47. The minimum Gasteiger partial charge on any atom is -0.366 e. The molecule has 8 heteroatoms. The van der Waals surface area contributed by atoms with E-state index in [1.165, 1.54) is 17.8 Å². The fourth-order valence-electron chi connectivity index (χ4n) is 3.70. The van der Waals surface area contributed by atoms with Gasteiger partial charge in [-0.2, -0.15) is 0 Å². The third-order valence-corrected chi connectivity index (χ3v) is 7.10. The van der Waals surface area contributed by atoms with Gasteiger partial charge in [0.2, 0.25) is 0 Å². The van der Waals surface area contributed by atoms with Crippen molar-refractivity contribution in [1.82, 2.24) is 4.90 Å². The Morgan fingerprint density at radius 1 is 1.03 bits per heavy atom. The van der Waals surface area contributed by atoms with E-state index in [2.05, 4.69) is 16.8 Å². The number of hydrogen-bond donors (Lipinski definition) is 0. The monoisotopic (exact) mass is 465 g/mol. The van der Waals surface area contributed by atoms with Crippen molar-refractivity contribution in [2.75, 3.05) is 55.3 Å². The predicted molar refractivity (Wildman–Crippen MR) is 125 cm³/mol. The molecule has 1 amide bonds. The van der Waals surface area contributed by atoms with E-state index in [0.29, 0.717) is 32.9 Å². The molecular formula is C22H22Cl2FN3OS. The molecule has 2 fully saturated rings. The van der Waals surface area contributed by atoms with Gasteiger partial charge in [-0.25, -0.2) is 4.39 Å². The lowest BCUT2D eigenvalue weighted by atomic mass is 10.1. The molecule has 0 unspecified atom stereocenters. The van der Waals surface area contributed by atoms with Gasteiger partial charge >= 0.3 is 0 Å². The largest absolute Gasteiger partial charge is 0.366 e. The van der Waals surface area contributed by atoms with Crippen molar-refractivity contribution in [3.63, 3.8) is 0 Å². The summed E-state index contributed by atoms with van der Waals surface area (Å²) in [5, 5.41) is 0.861. The maximum atomic E-state index is 14.8. The van der Waals surface area contributed by atoms with Crippen molar-refractivity contribution < 1.29 is 9.18 Å². The molecule has 0 atom stereocenters. The van der Waals surface area contributed by atoms with Crippen molar-refractivity contribution in [1.29, 1.82) is 0 Å². The van der Waals surface area contributed by atoms with Crippen LogP contribution in [-0.4, -0.2) is 56.3 Å². The number of benzene rings is 2. The van der Waals surface area contributed by atoms with E-state index in [4.69, 9.17) is 23.2 Å². The van der Waals surface area contributed by atoms with E-state index in [1.807, 2.05) is 12.1 Å². The van der Waals surface area contributed by atoms with Gasteiger partial charge in [0.15, 0.2) is 0 Å². The van der Waals surface area contributed by atoms with E-state index in [9.17, 15) is 9.18 Å². The van der Waals surface area contributed by atoms with E-state index in [-0.39, 0.29) is 11.7 Å². The number of halogens is 3. The summed E-state index contributed by atoms with van der Waals surface area (Å²) >= 11 is 13.6. The zero-order chi connectivity index (χ0) is 21.3. The highest BCUT2D eigenvalue weighted by Gasteiger charge is 2.27. The average molecular weight is 466 g/mol. The summed E-state index contributed by atoms with van der Waals surface area (Å²) in [6.45, 7) is 3.84. The number of likely N-dealkylation sites (N-methyl/N-ethyl adjacent to an activating group) is 1. The van der Waals surface area contributed by atoms with Gasteiger partial charge in [0, 0.05) is 49.7 Å². The number of para-hydroxylation sites is 1. The molecule has 158 valence electrons. The fraction of sp³-hybridized carbons (Fsp3) is 0.318. The highest BCUT2D eigenvalue weighted by molar-refractivity contribution is 8.04. The highest BCUT2D eigenvalue weighted by atomic mass is 35.5. The van der Waals surface area contributed by atoms with Crippen LogP contribution in [0.2, 0.25) is 10.0 Å². The average Bonchev–Trinajstić information content (AvgIpc) is 2.73. The zero-order valence-electron chi connectivity index (χ0n) is 16.6. The predicted octanol–water partition coefficient (Wildman–Crippen LogP) is 5.01. The van der Waals surface area contributed by atoms with Crippen LogP contribution in [-0.2, 0) is 4.79 Å². The molecule has 2 aromatic rings. The number of anilines is 2. The Balaban J connectivity index is 1.65. The molecule has 0 N–H and O–H groups in total. The van der Waals surface area contributed by atoms with Gasteiger partial charge in [-0.3, -0.25) is 4.79 Å². The van der Waals surface area contributed by atoms with Crippen molar-refractivity contribution in [2.45, 2.75) is 0 Å². The van der Waals surface area contributed by atoms with Crippen molar-refractivity contribution in [3.05, 3.63) is 62.7 Å². The Labute approximate surface area is 190 Å². The number of rotatable bonds is 3. The smallest absolute Gasteiger partial charge is 0.264 e. The maximum Gasteiger partial charge on any atom is 0.264 e. The second-order valence-corrected chi connectivity index (χ2v) is 9.33. The van der Waals surface area contributed by atoms with E-state index >= 15 is 0 Å². The second kappa shape index (κ2) is 9.18. The van der Waals surface area contributed by atoms with Gasteiger partial charge in [-0.1, -0.05) is 35.3 Å². The van der Waals surface area contributed by atoms with Gasteiger partial charge in [-0.05, 0) is 37.4 Å². The molecule has 2 saturated heterocycles. The van der Waals surface area contributed by atoms with Gasteiger partial charge in [0.25, 0.3) is 5.91 Å². The molecule has 4 nitrogen and oxygen atoms in total. The molecule has 4 rings (SSSR count). The number of thioether (sulfide) groups is 1. The molecule has 0 aliphatic carbocycles. The second-order valence-electron chi connectivity index (χ2n) is 7.38. The first-order valence-corrected chi connectivity index (χ1v) is 11.5.